The molecule has 0 radical (unpaired) electrons. The standard InChI is InChI=1S/C14H17N3S2/c1-10(2)9-19-14-16-15-13(17(14)11-5-6-11)8-12-4-3-7-18-12/h3-4,7,11H,1,5-6,8-9H2,2H3. The predicted octanol–water partition coefficient (Wildman–Crippen LogP) is 3.93. The lowest BCUT2D eigenvalue weighted by molar-refractivity contribution is 0.635. The van der Waals surface area contributed by atoms with E-state index in [4.69, 9.17) is 0 Å². The average molecular weight is 291 g/mol. The Morgan fingerprint density at radius 3 is 3.00 bits per heavy atom. The highest BCUT2D eigenvalue weighted by molar-refractivity contribution is 7.99. The van der Waals surface area contributed by atoms with Crippen LogP contribution in [0.25, 0.3) is 0 Å². The third kappa shape index (κ3) is 3.09. The molecule has 1 aliphatic carbocycles. The molecule has 19 heavy (non-hydrogen) atoms. The number of thioether (sulfide) groups is 1. The van der Waals surface area contributed by atoms with Crippen molar-refractivity contribution in [3.63, 3.8) is 0 Å². The van der Waals surface area contributed by atoms with E-state index in [9.17, 15) is 0 Å². The first-order valence-corrected chi connectivity index (χ1v) is 8.34. The Balaban J connectivity index is 1.81. The molecule has 0 aromatic carbocycles. The fraction of sp³-hybridized carbons (Fsp3) is 0.429. The van der Waals surface area contributed by atoms with E-state index < -0.39 is 0 Å². The first-order valence-electron chi connectivity index (χ1n) is 6.47. The number of nitrogens with zero attached hydrogens (tertiary/aromatic N) is 3. The lowest BCUT2D eigenvalue weighted by atomic mass is 10.3. The third-order valence-corrected chi connectivity index (χ3v) is 5.06. The molecular formula is C14H17N3S2. The molecule has 0 bridgehead atoms. The highest BCUT2D eigenvalue weighted by atomic mass is 32.2. The lowest BCUT2D eigenvalue weighted by Gasteiger charge is -2.08. The quantitative estimate of drug-likeness (QED) is 0.597. The van der Waals surface area contributed by atoms with E-state index in [-0.39, 0.29) is 0 Å². The summed E-state index contributed by atoms with van der Waals surface area (Å²) in [5.41, 5.74) is 1.18. The van der Waals surface area contributed by atoms with E-state index in [1.165, 1.54) is 23.3 Å². The fourth-order valence-corrected chi connectivity index (χ4v) is 3.55. The molecule has 0 N–H and O–H groups in total. The maximum Gasteiger partial charge on any atom is 0.191 e. The van der Waals surface area contributed by atoms with Crippen LogP contribution in [0.1, 0.15) is 36.5 Å². The van der Waals surface area contributed by atoms with Crippen LogP contribution in [0.3, 0.4) is 0 Å². The lowest BCUT2D eigenvalue weighted by Crippen LogP contribution is -2.03. The van der Waals surface area contributed by atoms with Crippen LogP contribution in [-0.2, 0) is 6.42 Å². The van der Waals surface area contributed by atoms with Crippen molar-refractivity contribution in [2.24, 2.45) is 0 Å². The molecule has 3 rings (SSSR count). The molecule has 5 heteroatoms. The maximum atomic E-state index is 4.40. The smallest absolute Gasteiger partial charge is 0.191 e. The Labute approximate surface area is 121 Å². The molecule has 0 saturated heterocycles. The summed E-state index contributed by atoms with van der Waals surface area (Å²) in [6.45, 7) is 6.00. The van der Waals surface area contributed by atoms with Gasteiger partial charge >= 0.3 is 0 Å². The van der Waals surface area contributed by atoms with Gasteiger partial charge in [0.25, 0.3) is 0 Å². The van der Waals surface area contributed by atoms with Crippen molar-refractivity contribution in [3.8, 4) is 0 Å². The second-order valence-electron chi connectivity index (χ2n) is 5.00. The highest BCUT2D eigenvalue weighted by Gasteiger charge is 2.29. The van der Waals surface area contributed by atoms with Gasteiger partial charge in [0.1, 0.15) is 5.82 Å². The van der Waals surface area contributed by atoms with Crippen molar-refractivity contribution in [3.05, 3.63) is 40.4 Å². The Kier molecular flexibility index (Phi) is 3.75. The van der Waals surface area contributed by atoms with Crippen LogP contribution in [0.15, 0.2) is 34.8 Å². The monoisotopic (exact) mass is 291 g/mol. The SMILES string of the molecule is C=C(C)CSc1nnc(Cc2cccs2)n1C1CC1. The van der Waals surface area contributed by atoms with Crippen molar-refractivity contribution in [1.29, 1.82) is 0 Å². The molecule has 1 fully saturated rings. The molecule has 0 spiro atoms. The van der Waals surface area contributed by atoms with Crippen LogP contribution in [0.5, 0.6) is 0 Å². The van der Waals surface area contributed by atoms with Crippen molar-refractivity contribution >= 4 is 23.1 Å². The summed E-state index contributed by atoms with van der Waals surface area (Å²) in [5, 5.41) is 11.9. The molecule has 0 amide bonds. The van der Waals surface area contributed by atoms with E-state index in [0.717, 1.165) is 23.2 Å². The maximum absolute atomic E-state index is 4.40. The van der Waals surface area contributed by atoms with Gasteiger partial charge in [0.05, 0.1) is 0 Å². The highest BCUT2D eigenvalue weighted by Crippen LogP contribution is 2.39. The van der Waals surface area contributed by atoms with Gasteiger partial charge in [0, 0.05) is 23.1 Å². The molecule has 1 aliphatic rings. The normalized spacial score (nSPS) is 14.8. The van der Waals surface area contributed by atoms with Crippen LogP contribution >= 0.6 is 23.1 Å². The first kappa shape index (κ1) is 12.9. The van der Waals surface area contributed by atoms with Crippen molar-refractivity contribution in [2.45, 2.75) is 37.4 Å². The topological polar surface area (TPSA) is 30.7 Å². The largest absolute Gasteiger partial charge is 0.303 e. The van der Waals surface area contributed by atoms with Crippen LogP contribution < -0.4 is 0 Å². The summed E-state index contributed by atoms with van der Waals surface area (Å²) >= 11 is 3.53. The Morgan fingerprint density at radius 1 is 1.53 bits per heavy atom. The molecule has 100 valence electrons. The zero-order chi connectivity index (χ0) is 13.2. The van der Waals surface area contributed by atoms with Crippen LogP contribution in [0, 0.1) is 0 Å². The third-order valence-electron chi connectivity index (χ3n) is 3.01. The van der Waals surface area contributed by atoms with E-state index in [2.05, 4.69) is 45.8 Å². The van der Waals surface area contributed by atoms with Gasteiger partial charge in [0.15, 0.2) is 5.16 Å². The summed E-state index contributed by atoms with van der Waals surface area (Å²) in [6, 6.07) is 4.88. The summed E-state index contributed by atoms with van der Waals surface area (Å²) < 4.78 is 2.34. The molecule has 3 nitrogen and oxygen atoms in total. The molecule has 2 aromatic heterocycles. The summed E-state index contributed by atoms with van der Waals surface area (Å²) in [5.74, 6) is 2.03. The van der Waals surface area contributed by atoms with Crippen LogP contribution in [-0.4, -0.2) is 20.5 Å². The van der Waals surface area contributed by atoms with Crippen molar-refractivity contribution in [2.75, 3.05) is 5.75 Å². The van der Waals surface area contributed by atoms with Gasteiger partial charge in [-0.05, 0) is 31.2 Å². The van der Waals surface area contributed by atoms with Crippen LogP contribution in [0.2, 0.25) is 0 Å². The van der Waals surface area contributed by atoms with E-state index in [1.54, 1.807) is 23.1 Å². The minimum absolute atomic E-state index is 0.623. The average Bonchev–Trinajstić information content (AvgIpc) is 2.94. The van der Waals surface area contributed by atoms with Gasteiger partial charge in [-0.3, -0.25) is 0 Å². The van der Waals surface area contributed by atoms with E-state index in [0.29, 0.717) is 6.04 Å². The van der Waals surface area contributed by atoms with Gasteiger partial charge in [-0.15, -0.1) is 21.5 Å². The van der Waals surface area contributed by atoms with Crippen molar-refractivity contribution in [1.82, 2.24) is 14.8 Å². The number of rotatable bonds is 6. The van der Waals surface area contributed by atoms with Gasteiger partial charge < -0.3 is 4.57 Å². The first-order chi connectivity index (χ1) is 9.24. The molecule has 0 atom stereocenters. The number of aromatic nitrogens is 3. The van der Waals surface area contributed by atoms with Gasteiger partial charge in [-0.25, -0.2) is 0 Å². The molecule has 2 heterocycles. The van der Waals surface area contributed by atoms with Gasteiger partial charge in [0.2, 0.25) is 0 Å². The second-order valence-corrected chi connectivity index (χ2v) is 6.98. The second kappa shape index (κ2) is 5.51. The van der Waals surface area contributed by atoms with Gasteiger partial charge in [-0.2, -0.15) is 0 Å². The molecule has 0 aliphatic heterocycles. The zero-order valence-electron chi connectivity index (χ0n) is 11.0. The molecule has 0 unspecified atom stereocenters. The van der Waals surface area contributed by atoms with Crippen molar-refractivity contribution < 1.29 is 0 Å². The summed E-state index contributed by atoms with van der Waals surface area (Å²) in [7, 11) is 0. The Bertz CT molecular complexity index is 568. The number of thiophene rings is 1. The van der Waals surface area contributed by atoms with Crippen LogP contribution in [0.4, 0.5) is 0 Å². The van der Waals surface area contributed by atoms with E-state index >= 15 is 0 Å². The number of hydrogen-bond acceptors (Lipinski definition) is 4. The predicted molar refractivity (Wildman–Crippen MR) is 81.0 cm³/mol. The fourth-order valence-electron chi connectivity index (χ4n) is 1.98. The molecule has 2 aromatic rings. The Hall–Kier alpha value is -1.07. The van der Waals surface area contributed by atoms with E-state index in [1.807, 2.05) is 0 Å². The summed E-state index contributed by atoms with van der Waals surface area (Å²) in [4.78, 5) is 1.35. The number of hydrogen-bond donors (Lipinski definition) is 0. The minimum Gasteiger partial charge on any atom is -0.303 e. The molecule has 1 saturated carbocycles. The minimum atomic E-state index is 0.623. The Morgan fingerprint density at radius 2 is 2.37 bits per heavy atom. The molecular weight excluding hydrogens is 274 g/mol. The zero-order valence-corrected chi connectivity index (χ0v) is 12.6. The summed E-state index contributed by atoms with van der Waals surface area (Å²) in [6.07, 6.45) is 3.42. The van der Waals surface area contributed by atoms with Gasteiger partial charge in [-0.1, -0.05) is 30.0 Å².